The van der Waals surface area contributed by atoms with E-state index in [2.05, 4.69) is 9.72 Å². The van der Waals surface area contributed by atoms with Crippen LogP contribution in [0.5, 0.6) is 23.0 Å². The van der Waals surface area contributed by atoms with Gasteiger partial charge in [0.15, 0.2) is 23.1 Å². The van der Waals surface area contributed by atoms with Crippen molar-refractivity contribution in [2.75, 3.05) is 20.8 Å². The molecule has 12 heteroatoms. The molecular weight excluding hydrogens is 588 g/mol. The Morgan fingerprint density at radius 3 is 2.33 bits per heavy atom. The van der Waals surface area contributed by atoms with Crippen LogP contribution in [0.1, 0.15) is 23.2 Å². The number of aromatic nitrogens is 2. The molecule has 0 saturated heterocycles. The molecule has 0 aliphatic rings. The van der Waals surface area contributed by atoms with Crippen molar-refractivity contribution in [1.29, 1.82) is 0 Å². The van der Waals surface area contributed by atoms with Gasteiger partial charge >= 0.3 is 5.97 Å². The number of esters is 1. The SMILES string of the molecule is COC(=O)CCCOc1cc2nccc(Oc3ccccc3F)c2cc1OC.NC(=O)c1cccn(-c2ccc(F)cc2)c1=O. The number of rotatable bonds is 10. The summed E-state index contributed by atoms with van der Waals surface area (Å²) in [5.41, 5.74) is 5.53. The molecule has 0 fully saturated rings. The molecule has 232 valence electrons. The van der Waals surface area contributed by atoms with Crippen LogP contribution in [0.25, 0.3) is 16.6 Å². The van der Waals surface area contributed by atoms with Gasteiger partial charge in [-0.1, -0.05) is 12.1 Å². The van der Waals surface area contributed by atoms with Crippen LogP contribution in [0, 0.1) is 11.6 Å². The number of pyridine rings is 2. The summed E-state index contributed by atoms with van der Waals surface area (Å²) >= 11 is 0. The van der Waals surface area contributed by atoms with Crippen molar-refractivity contribution in [3.8, 4) is 28.7 Å². The quantitative estimate of drug-likeness (QED) is 0.159. The number of methoxy groups -OCH3 is 2. The van der Waals surface area contributed by atoms with E-state index in [1.54, 1.807) is 42.6 Å². The highest BCUT2D eigenvalue weighted by Gasteiger charge is 2.14. The van der Waals surface area contributed by atoms with Crippen molar-refractivity contribution in [2.45, 2.75) is 12.8 Å². The molecule has 2 heterocycles. The Bertz CT molecular complexity index is 1860. The molecule has 0 spiro atoms. The number of fused-ring (bicyclic) bond motifs is 1. The molecule has 0 atom stereocenters. The third-order valence-electron chi connectivity index (χ3n) is 6.37. The first-order valence-corrected chi connectivity index (χ1v) is 13.6. The fourth-order valence-electron chi connectivity index (χ4n) is 4.12. The highest BCUT2D eigenvalue weighted by atomic mass is 19.1. The van der Waals surface area contributed by atoms with Gasteiger partial charge in [-0.3, -0.25) is 23.9 Å². The molecule has 2 N–H and O–H groups in total. The van der Waals surface area contributed by atoms with E-state index in [1.807, 2.05) is 0 Å². The van der Waals surface area contributed by atoms with Gasteiger partial charge in [-0.2, -0.15) is 0 Å². The summed E-state index contributed by atoms with van der Waals surface area (Å²) in [5.74, 6) is -0.370. The smallest absolute Gasteiger partial charge is 0.305 e. The zero-order valence-corrected chi connectivity index (χ0v) is 24.4. The highest BCUT2D eigenvalue weighted by Crippen LogP contribution is 2.37. The van der Waals surface area contributed by atoms with Crippen LogP contribution in [0.2, 0.25) is 0 Å². The third kappa shape index (κ3) is 8.20. The summed E-state index contributed by atoms with van der Waals surface area (Å²) in [6, 6.07) is 19.5. The van der Waals surface area contributed by atoms with E-state index >= 15 is 0 Å². The van der Waals surface area contributed by atoms with Gasteiger partial charge in [0, 0.05) is 36.0 Å². The summed E-state index contributed by atoms with van der Waals surface area (Å²) in [6.45, 7) is 0.322. The van der Waals surface area contributed by atoms with E-state index in [1.165, 1.54) is 67.4 Å². The fourth-order valence-corrected chi connectivity index (χ4v) is 4.12. The van der Waals surface area contributed by atoms with Crippen LogP contribution in [-0.2, 0) is 9.53 Å². The number of hydrogen-bond donors (Lipinski definition) is 1. The minimum atomic E-state index is -0.786. The molecular formula is C33H29F2N3O7. The van der Waals surface area contributed by atoms with Gasteiger partial charge in [0.1, 0.15) is 17.1 Å². The number of carbonyl (C=O) groups is 2. The number of para-hydroxylation sites is 1. The standard InChI is InChI=1S/C21H20FNO5.C12H9FN2O2/c1-25-19-12-14-16(13-20(19)27-11-5-8-21(24)26-2)23-10-9-17(14)28-18-7-4-3-6-15(18)22;13-8-3-5-9(6-4-8)15-7-1-2-10(11(14)16)12(15)17/h3-4,6-7,9-10,12-13H,5,8,11H2,1-2H3;1-7H,(H2,14,16). The molecule has 5 aromatic rings. The van der Waals surface area contributed by atoms with Crippen LogP contribution in [0.15, 0.2) is 96.1 Å². The van der Waals surface area contributed by atoms with Crippen molar-refractivity contribution >= 4 is 22.8 Å². The maximum atomic E-state index is 13.9. The second-order valence-electron chi connectivity index (χ2n) is 9.33. The van der Waals surface area contributed by atoms with Crippen molar-refractivity contribution in [1.82, 2.24) is 9.55 Å². The molecule has 1 amide bonds. The number of halogens is 2. The van der Waals surface area contributed by atoms with Gasteiger partial charge in [-0.25, -0.2) is 8.78 Å². The van der Waals surface area contributed by atoms with Gasteiger partial charge in [0.25, 0.3) is 11.5 Å². The lowest BCUT2D eigenvalue weighted by molar-refractivity contribution is -0.140. The minimum absolute atomic E-state index is 0.100. The maximum absolute atomic E-state index is 13.9. The summed E-state index contributed by atoms with van der Waals surface area (Å²) in [4.78, 5) is 38.4. The predicted octanol–water partition coefficient (Wildman–Crippen LogP) is 5.58. The molecule has 3 aromatic carbocycles. The average molecular weight is 618 g/mol. The van der Waals surface area contributed by atoms with Crippen molar-refractivity contribution in [3.05, 3.63) is 119 Å². The maximum Gasteiger partial charge on any atom is 0.305 e. The van der Waals surface area contributed by atoms with E-state index < -0.39 is 23.1 Å². The van der Waals surface area contributed by atoms with E-state index in [0.29, 0.717) is 46.9 Å². The van der Waals surface area contributed by atoms with Gasteiger partial charge in [-0.05, 0) is 67.1 Å². The Morgan fingerprint density at radius 2 is 1.64 bits per heavy atom. The number of hydrogen-bond acceptors (Lipinski definition) is 8. The van der Waals surface area contributed by atoms with Gasteiger partial charge < -0.3 is 24.7 Å². The molecule has 0 bridgehead atoms. The first-order valence-electron chi connectivity index (χ1n) is 13.6. The largest absolute Gasteiger partial charge is 0.493 e. The lowest BCUT2D eigenvalue weighted by Gasteiger charge is -2.14. The van der Waals surface area contributed by atoms with Gasteiger partial charge in [-0.15, -0.1) is 0 Å². The topological polar surface area (TPSA) is 132 Å². The monoisotopic (exact) mass is 617 g/mol. The van der Waals surface area contributed by atoms with Gasteiger partial charge in [0.2, 0.25) is 0 Å². The number of amides is 1. The summed E-state index contributed by atoms with van der Waals surface area (Å²) in [7, 11) is 2.87. The number of ether oxygens (including phenoxy) is 4. The number of primary amides is 1. The Kier molecular flexibility index (Phi) is 10.8. The first kappa shape index (κ1) is 32.1. The Hall–Kier alpha value is -5.78. The molecule has 0 unspecified atom stereocenters. The predicted molar refractivity (Wildman–Crippen MR) is 162 cm³/mol. The number of carbonyl (C=O) groups excluding carboxylic acids is 2. The molecule has 0 saturated carbocycles. The van der Waals surface area contributed by atoms with E-state index in [-0.39, 0.29) is 23.7 Å². The molecule has 45 heavy (non-hydrogen) atoms. The number of nitrogens with zero attached hydrogens (tertiary/aromatic N) is 2. The fraction of sp³-hybridized carbons (Fsp3) is 0.152. The Morgan fingerprint density at radius 1 is 0.889 bits per heavy atom. The second-order valence-corrected chi connectivity index (χ2v) is 9.33. The van der Waals surface area contributed by atoms with Gasteiger partial charge in [0.05, 0.1) is 26.3 Å². The Balaban J connectivity index is 0.000000231. The van der Waals surface area contributed by atoms with Crippen molar-refractivity contribution in [3.63, 3.8) is 0 Å². The van der Waals surface area contributed by atoms with Crippen LogP contribution in [0.4, 0.5) is 8.78 Å². The van der Waals surface area contributed by atoms with E-state index in [0.717, 1.165) is 0 Å². The third-order valence-corrected chi connectivity index (χ3v) is 6.37. The van der Waals surface area contributed by atoms with E-state index in [4.69, 9.17) is 19.9 Å². The minimum Gasteiger partial charge on any atom is -0.493 e. The molecule has 2 aromatic heterocycles. The lowest BCUT2D eigenvalue weighted by Crippen LogP contribution is -2.28. The zero-order chi connectivity index (χ0) is 32.3. The molecule has 5 rings (SSSR count). The first-order chi connectivity index (χ1) is 21.7. The van der Waals surface area contributed by atoms with Crippen LogP contribution in [0.3, 0.4) is 0 Å². The molecule has 0 radical (unpaired) electrons. The van der Waals surface area contributed by atoms with Crippen molar-refractivity contribution in [2.24, 2.45) is 5.73 Å². The second kappa shape index (κ2) is 15.1. The zero-order valence-electron chi connectivity index (χ0n) is 24.4. The van der Waals surface area contributed by atoms with Crippen molar-refractivity contribution < 1.29 is 37.3 Å². The molecule has 10 nitrogen and oxygen atoms in total. The van der Waals surface area contributed by atoms with Crippen LogP contribution < -0.4 is 25.5 Å². The number of benzene rings is 3. The summed E-state index contributed by atoms with van der Waals surface area (Å²) in [6.07, 6.45) is 3.84. The summed E-state index contributed by atoms with van der Waals surface area (Å²) < 4.78 is 49.4. The van der Waals surface area contributed by atoms with E-state index in [9.17, 15) is 23.2 Å². The molecule has 0 aliphatic carbocycles. The lowest BCUT2D eigenvalue weighted by atomic mass is 10.1. The Labute approximate surface area is 256 Å². The summed E-state index contributed by atoms with van der Waals surface area (Å²) in [5, 5.41) is 0.657. The molecule has 0 aliphatic heterocycles. The normalized spacial score (nSPS) is 10.4. The number of nitrogens with two attached hydrogens (primary N) is 1. The average Bonchev–Trinajstić information content (AvgIpc) is 3.04. The van der Waals surface area contributed by atoms with Crippen LogP contribution >= 0.6 is 0 Å². The van der Waals surface area contributed by atoms with Crippen LogP contribution in [-0.4, -0.2) is 42.3 Å². The highest BCUT2D eigenvalue weighted by molar-refractivity contribution is 5.92.